The van der Waals surface area contributed by atoms with Crippen LogP contribution in [0.1, 0.15) is 24.3 Å². The molecule has 1 unspecified atom stereocenters. The fourth-order valence-corrected chi connectivity index (χ4v) is 3.63. The number of rotatable bonds is 5. The Morgan fingerprint density at radius 3 is 2.67 bits per heavy atom. The molecule has 1 aromatic rings. The summed E-state index contributed by atoms with van der Waals surface area (Å²) in [4.78, 5) is 42.3. The number of nitrogen functional groups attached to an aromatic ring is 1. The molecule has 0 aliphatic carbocycles. The van der Waals surface area contributed by atoms with E-state index in [1.807, 2.05) is 13.8 Å². The zero-order valence-electron chi connectivity index (χ0n) is 13.5. The van der Waals surface area contributed by atoms with Gasteiger partial charge in [0.05, 0.1) is 10.8 Å². The van der Waals surface area contributed by atoms with Crippen LogP contribution in [0.15, 0.2) is 12.1 Å². The molecule has 24 heavy (non-hydrogen) atoms. The Morgan fingerprint density at radius 1 is 1.46 bits per heavy atom. The molecule has 1 aliphatic rings. The highest BCUT2D eigenvalue weighted by atomic mass is 32.2. The lowest BCUT2D eigenvalue weighted by molar-refractivity contribution is -0.384. The van der Waals surface area contributed by atoms with E-state index in [1.165, 1.54) is 22.7 Å². The number of hydrogen-bond donors (Lipinski definition) is 1. The number of amides is 2. The zero-order valence-corrected chi connectivity index (χ0v) is 14.3. The van der Waals surface area contributed by atoms with Gasteiger partial charge in [-0.3, -0.25) is 19.7 Å². The molecule has 1 atom stereocenters. The summed E-state index contributed by atoms with van der Waals surface area (Å²) in [6.07, 6.45) is 0. The highest BCUT2D eigenvalue weighted by Gasteiger charge is 2.37. The lowest BCUT2D eigenvalue weighted by Gasteiger charge is -2.28. The molecule has 0 saturated carbocycles. The zero-order chi connectivity index (χ0) is 17.9. The van der Waals surface area contributed by atoms with Crippen molar-refractivity contribution < 1.29 is 14.5 Å². The molecule has 1 aliphatic heterocycles. The Hall–Kier alpha value is -2.36. The van der Waals surface area contributed by atoms with Crippen molar-refractivity contribution in [1.29, 1.82) is 0 Å². The summed E-state index contributed by atoms with van der Waals surface area (Å²) in [5, 5.41) is 10.8. The minimum Gasteiger partial charge on any atom is -0.378 e. The van der Waals surface area contributed by atoms with Gasteiger partial charge in [0, 0.05) is 24.9 Å². The van der Waals surface area contributed by atoms with Gasteiger partial charge in [0.2, 0.25) is 11.7 Å². The van der Waals surface area contributed by atoms with Crippen molar-refractivity contribution in [3.8, 4) is 0 Å². The summed E-state index contributed by atoms with van der Waals surface area (Å²) in [5.74, 6) is 0.0168. The molecule has 1 saturated heterocycles. The van der Waals surface area contributed by atoms with Crippen LogP contribution in [-0.4, -0.2) is 62.3 Å². The quantitative estimate of drug-likeness (QED) is 0.617. The molecule has 9 nitrogen and oxygen atoms in total. The molecule has 0 radical (unpaired) electrons. The van der Waals surface area contributed by atoms with Crippen LogP contribution in [0.4, 0.5) is 11.5 Å². The molecular formula is C14H19N5O4S. The number of hydrogen-bond acceptors (Lipinski definition) is 7. The topological polar surface area (TPSA) is 123 Å². The molecule has 0 spiro atoms. The number of carbonyl (C=O) groups excluding carboxylic acids is 2. The first-order valence-electron chi connectivity index (χ1n) is 7.49. The Morgan fingerprint density at radius 2 is 2.12 bits per heavy atom. The van der Waals surface area contributed by atoms with Gasteiger partial charge in [-0.05, 0) is 19.9 Å². The number of aromatic nitrogens is 1. The molecule has 2 heterocycles. The standard InChI is InChI=1S/C14H19N5O4S/c1-3-17(4-2)14(21)11-7-24-8-18(11)13(20)9-5-6-10(19(22)23)12(15)16-9/h5-6,11H,3-4,7-8H2,1-2H3,(H2,15,16). The van der Waals surface area contributed by atoms with E-state index >= 15 is 0 Å². The number of nitro groups is 1. The smallest absolute Gasteiger partial charge is 0.311 e. The first-order chi connectivity index (χ1) is 11.4. The van der Waals surface area contributed by atoms with Crippen LogP contribution in [-0.2, 0) is 4.79 Å². The molecule has 2 N–H and O–H groups in total. The molecule has 1 aromatic heterocycles. The summed E-state index contributed by atoms with van der Waals surface area (Å²) >= 11 is 1.48. The van der Waals surface area contributed by atoms with Crippen LogP contribution in [0.3, 0.4) is 0 Å². The lowest BCUT2D eigenvalue weighted by Crippen LogP contribution is -2.49. The van der Waals surface area contributed by atoms with Gasteiger partial charge in [0.1, 0.15) is 11.7 Å². The maximum atomic E-state index is 12.6. The summed E-state index contributed by atoms with van der Waals surface area (Å²) < 4.78 is 0. The van der Waals surface area contributed by atoms with Crippen molar-refractivity contribution in [2.45, 2.75) is 19.9 Å². The predicted molar refractivity (Wildman–Crippen MR) is 90.5 cm³/mol. The maximum Gasteiger partial charge on any atom is 0.311 e. The third-order valence-electron chi connectivity index (χ3n) is 3.82. The molecule has 10 heteroatoms. The van der Waals surface area contributed by atoms with E-state index in [0.717, 1.165) is 6.07 Å². The van der Waals surface area contributed by atoms with E-state index in [4.69, 9.17) is 5.73 Å². The normalized spacial score (nSPS) is 16.9. The summed E-state index contributed by atoms with van der Waals surface area (Å²) in [6, 6.07) is 1.86. The van der Waals surface area contributed by atoms with Gasteiger partial charge in [0.25, 0.3) is 5.91 Å². The number of thioether (sulfide) groups is 1. The predicted octanol–water partition coefficient (Wildman–Crippen LogP) is 0.955. The third kappa shape index (κ3) is 3.42. The van der Waals surface area contributed by atoms with Gasteiger partial charge < -0.3 is 15.5 Å². The van der Waals surface area contributed by atoms with Crippen molar-refractivity contribution >= 4 is 35.1 Å². The van der Waals surface area contributed by atoms with Gasteiger partial charge in [0.15, 0.2) is 0 Å². The second-order valence-corrected chi connectivity index (χ2v) is 6.16. The highest BCUT2D eigenvalue weighted by Crippen LogP contribution is 2.26. The van der Waals surface area contributed by atoms with Crippen molar-refractivity contribution in [1.82, 2.24) is 14.8 Å². The number of pyridine rings is 1. The van der Waals surface area contributed by atoms with E-state index in [9.17, 15) is 19.7 Å². The van der Waals surface area contributed by atoms with E-state index in [-0.39, 0.29) is 23.1 Å². The number of carbonyl (C=O) groups is 2. The van der Waals surface area contributed by atoms with Crippen LogP contribution in [0.5, 0.6) is 0 Å². The molecule has 0 aromatic carbocycles. The summed E-state index contributed by atoms with van der Waals surface area (Å²) in [6.45, 7) is 4.91. The first kappa shape index (κ1) is 18.0. The largest absolute Gasteiger partial charge is 0.378 e. The van der Waals surface area contributed by atoms with Crippen LogP contribution >= 0.6 is 11.8 Å². The second-order valence-electron chi connectivity index (χ2n) is 5.16. The van der Waals surface area contributed by atoms with E-state index < -0.39 is 16.9 Å². The average molecular weight is 353 g/mol. The maximum absolute atomic E-state index is 12.6. The Bertz CT molecular complexity index is 665. The molecule has 1 fully saturated rings. The van der Waals surface area contributed by atoms with Gasteiger partial charge >= 0.3 is 5.69 Å². The fourth-order valence-electron chi connectivity index (χ4n) is 2.48. The highest BCUT2D eigenvalue weighted by molar-refractivity contribution is 7.99. The monoisotopic (exact) mass is 353 g/mol. The minimum absolute atomic E-state index is 0.00190. The number of nitrogens with two attached hydrogens (primary N) is 1. The van der Waals surface area contributed by atoms with Crippen LogP contribution in [0.2, 0.25) is 0 Å². The van der Waals surface area contributed by atoms with Gasteiger partial charge in [-0.2, -0.15) is 0 Å². The van der Waals surface area contributed by atoms with Gasteiger partial charge in [-0.25, -0.2) is 4.98 Å². The number of anilines is 1. The Balaban J connectivity index is 2.23. The van der Waals surface area contributed by atoms with Crippen molar-refractivity contribution in [2.24, 2.45) is 0 Å². The first-order valence-corrected chi connectivity index (χ1v) is 8.64. The second kappa shape index (κ2) is 7.47. The van der Waals surface area contributed by atoms with Crippen molar-refractivity contribution in [3.63, 3.8) is 0 Å². The van der Waals surface area contributed by atoms with E-state index in [0.29, 0.717) is 24.7 Å². The molecular weight excluding hydrogens is 334 g/mol. The van der Waals surface area contributed by atoms with Crippen LogP contribution in [0, 0.1) is 10.1 Å². The number of likely N-dealkylation sites (N-methyl/N-ethyl adjacent to an activating group) is 1. The Labute approximate surface area is 143 Å². The number of nitrogens with zero attached hydrogens (tertiary/aromatic N) is 4. The minimum atomic E-state index is -0.658. The van der Waals surface area contributed by atoms with Gasteiger partial charge in [-0.15, -0.1) is 11.8 Å². The molecule has 130 valence electrons. The average Bonchev–Trinajstić information content (AvgIpc) is 3.04. The van der Waals surface area contributed by atoms with Crippen molar-refractivity contribution in [3.05, 3.63) is 27.9 Å². The van der Waals surface area contributed by atoms with Crippen LogP contribution < -0.4 is 5.73 Å². The van der Waals surface area contributed by atoms with E-state index in [1.54, 1.807) is 4.90 Å². The fraction of sp³-hybridized carbons (Fsp3) is 0.500. The lowest BCUT2D eigenvalue weighted by atomic mass is 10.2. The Kier molecular flexibility index (Phi) is 5.60. The van der Waals surface area contributed by atoms with Crippen molar-refractivity contribution in [2.75, 3.05) is 30.5 Å². The molecule has 2 amide bonds. The molecule has 2 rings (SSSR count). The molecule has 0 bridgehead atoms. The third-order valence-corrected chi connectivity index (χ3v) is 4.83. The van der Waals surface area contributed by atoms with Crippen LogP contribution in [0.25, 0.3) is 0 Å². The summed E-state index contributed by atoms with van der Waals surface area (Å²) in [5.41, 5.74) is 5.19. The van der Waals surface area contributed by atoms with E-state index in [2.05, 4.69) is 4.98 Å². The SMILES string of the molecule is CCN(CC)C(=O)C1CSCN1C(=O)c1ccc([N+](=O)[O-])c(N)n1. The van der Waals surface area contributed by atoms with Gasteiger partial charge in [-0.1, -0.05) is 0 Å². The summed E-state index contributed by atoms with van der Waals surface area (Å²) in [7, 11) is 0.